The summed E-state index contributed by atoms with van der Waals surface area (Å²) in [5.41, 5.74) is 1.59. The third-order valence-corrected chi connectivity index (χ3v) is 7.56. The molecule has 0 spiro atoms. The molecule has 0 fully saturated rings. The van der Waals surface area contributed by atoms with E-state index in [1.807, 2.05) is 0 Å². The monoisotopic (exact) mass is 592 g/mol. The van der Waals surface area contributed by atoms with E-state index in [2.05, 4.69) is 14.8 Å². The highest BCUT2D eigenvalue weighted by molar-refractivity contribution is 7.87. The third kappa shape index (κ3) is 5.57. The number of fused-ring (bicyclic) bond motifs is 2. The minimum atomic E-state index is -4.93. The molecule has 0 bridgehead atoms. The van der Waals surface area contributed by atoms with Crippen LogP contribution in [0.4, 0.5) is 13.2 Å². The Kier molecular flexibility index (Phi) is 7.15. The number of benzene rings is 2. The SMILES string of the molecule is COc1cc(/C=C2\CCCn3c2nc2c(cnn2C)c3=O)cc(OC)c1OS(=O)(=O)c1ccc(OC(F)(F)F)cc1. The topological polar surface area (TPSA) is 124 Å². The average Bonchev–Trinajstić information content (AvgIpc) is 3.29. The van der Waals surface area contributed by atoms with Gasteiger partial charge >= 0.3 is 16.5 Å². The van der Waals surface area contributed by atoms with Crippen LogP contribution in [0.5, 0.6) is 23.0 Å². The molecule has 41 heavy (non-hydrogen) atoms. The van der Waals surface area contributed by atoms with Crippen molar-refractivity contribution < 1.29 is 40.0 Å². The van der Waals surface area contributed by atoms with Crippen LogP contribution in [0.1, 0.15) is 24.2 Å². The second kappa shape index (κ2) is 10.5. The second-order valence-electron chi connectivity index (χ2n) is 8.98. The number of rotatable bonds is 7. The lowest BCUT2D eigenvalue weighted by Crippen LogP contribution is -2.27. The van der Waals surface area contributed by atoms with E-state index >= 15 is 0 Å². The van der Waals surface area contributed by atoms with Gasteiger partial charge in [0.15, 0.2) is 17.1 Å². The van der Waals surface area contributed by atoms with E-state index in [0.29, 0.717) is 41.8 Å². The van der Waals surface area contributed by atoms with E-state index in [-0.39, 0.29) is 22.8 Å². The zero-order valence-corrected chi connectivity index (χ0v) is 22.7. The first-order valence-electron chi connectivity index (χ1n) is 12.1. The molecule has 0 aliphatic carbocycles. The molecule has 1 aliphatic rings. The fraction of sp³-hybridized carbons (Fsp3) is 0.269. The molecule has 1 aliphatic heterocycles. The van der Waals surface area contributed by atoms with Crippen molar-refractivity contribution in [2.75, 3.05) is 14.2 Å². The summed E-state index contributed by atoms with van der Waals surface area (Å²) in [4.78, 5) is 17.3. The van der Waals surface area contributed by atoms with E-state index in [1.165, 1.54) is 37.2 Å². The molecule has 0 N–H and O–H groups in total. The maximum atomic E-state index is 13.0. The minimum absolute atomic E-state index is 0.0139. The summed E-state index contributed by atoms with van der Waals surface area (Å²) < 4.78 is 86.3. The number of nitrogens with zero attached hydrogens (tertiary/aromatic N) is 4. The van der Waals surface area contributed by atoms with Crippen molar-refractivity contribution in [2.24, 2.45) is 7.05 Å². The third-order valence-electron chi connectivity index (χ3n) is 6.33. The molecule has 0 amide bonds. The quantitative estimate of drug-likeness (QED) is 0.291. The first-order valence-corrected chi connectivity index (χ1v) is 13.5. The van der Waals surface area contributed by atoms with Crippen molar-refractivity contribution in [1.29, 1.82) is 0 Å². The number of halogens is 3. The highest BCUT2D eigenvalue weighted by Gasteiger charge is 2.31. The van der Waals surface area contributed by atoms with Gasteiger partial charge in [-0.3, -0.25) is 14.0 Å². The molecule has 0 radical (unpaired) electrons. The van der Waals surface area contributed by atoms with Crippen molar-refractivity contribution >= 4 is 32.8 Å². The maximum Gasteiger partial charge on any atom is 0.573 e. The number of alkyl halides is 3. The number of ether oxygens (including phenoxy) is 3. The highest BCUT2D eigenvalue weighted by Crippen LogP contribution is 2.41. The molecule has 0 saturated heterocycles. The molecule has 0 unspecified atom stereocenters. The molecular weight excluding hydrogens is 569 g/mol. The number of hydrogen-bond donors (Lipinski definition) is 0. The molecule has 11 nitrogen and oxygen atoms in total. The van der Waals surface area contributed by atoms with E-state index in [0.717, 1.165) is 29.8 Å². The van der Waals surface area contributed by atoms with Crippen molar-refractivity contribution in [1.82, 2.24) is 19.3 Å². The van der Waals surface area contributed by atoms with Gasteiger partial charge in [0, 0.05) is 13.6 Å². The molecular formula is C26H23F3N4O7S. The van der Waals surface area contributed by atoms with Crippen LogP contribution >= 0.6 is 0 Å². The van der Waals surface area contributed by atoms with Gasteiger partial charge < -0.3 is 18.4 Å². The standard InChI is InChI=1S/C26H23F3N4O7S/c1-32-24-19(14-30-32)25(34)33-10-4-5-16(23(33)31-24)11-15-12-20(37-2)22(21(13-15)38-3)40-41(35,36)18-8-6-17(7-9-18)39-26(27,28)29/h6-9,11-14H,4-5,10H2,1-3H3/b16-11+. The van der Waals surface area contributed by atoms with E-state index in [4.69, 9.17) is 13.7 Å². The predicted molar refractivity (Wildman–Crippen MR) is 140 cm³/mol. The van der Waals surface area contributed by atoms with Crippen molar-refractivity contribution in [3.63, 3.8) is 0 Å². The molecule has 0 saturated carbocycles. The van der Waals surface area contributed by atoms with E-state index < -0.39 is 27.1 Å². The number of aryl methyl sites for hydroxylation is 1. The summed E-state index contributed by atoms with van der Waals surface area (Å²) in [5.74, 6) is -0.326. The summed E-state index contributed by atoms with van der Waals surface area (Å²) >= 11 is 0. The maximum absolute atomic E-state index is 13.0. The zero-order valence-electron chi connectivity index (χ0n) is 21.9. The molecule has 216 valence electrons. The smallest absolute Gasteiger partial charge is 0.493 e. The van der Waals surface area contributed by atoms with Crippen LogP contribution in [0.3, 0.4) is 0 Å². The normalized spacial score (nSPS) is 14.6. The van der Waals surface area contributed by atoms with Gasteiger partial charge in [0.25, 0.3) is 5.56 Å². The zero-order chi connectivity index (χ0) is 29.5. The van der Waals surface area contributed by atoms with Gasteiger partial charge in [0.2, 0.25) is 5.75 Å². The van der Waals surface area contributed by atoms with Crippen LogP contribution in [0.15, 0.2) is 52.3 Å². The lowest BCUT2D eigenvalue weighted by Gasteiger charge is -2.20. The summed E-state index contributed by atoms with van der Waals surface area (Å²) in [6, 6.07) is 6.61. The van der Waals surface area contributed by atoms with Crippen LogP contribution in [0.25, 0.3) is 22.7 Å². The van der Waals surface area contributed by atoms with Gasteiger partial charge in [-0.15, -0.1) is 13.2 Å². The van der Waals surface area contributed by atoms with Gasteiger partial charge in [-0.2, -0.15) is 13.5 Å². The summed E-state index contributed by atoms with van der Waals surface area (Å²) in [5, 5.41) is 4.56. The highest BCUT2D eigenvalue weighted by atomic mass is 32.2. The van der Waals surface area contributed by atoms with Gasteiger partial charge in [0.05, 0.1) is 20.4 Å². The van der Waals surface area contributed by atoms with Crippen LogP contribution in [-0.4, -0.2) is 48.3 Å². The summed E-state index contributed by atoms with van der Waals surface area (Å²) in [6.45, 7) is 0.504. The molecule has 0 atom stereocenters. The summed E-state index contributed by atoms with van der Waals surface area (Å²) in [6.07, 6.45) is -0.315. The fourth-order valence-corrected chi connectivity index (χ4v) is 5.43. The largest absolute Gasteiger partial charge is 0.573 e. The second-order valence-corrected chi connectivity index (χ2v) is 10.5. The van der Waals surface area contributed by atoms with Crippen LogP contribution < -0.4 is 24.0 Å². The van der Waals surface area contributed by atoms with Gasteiger partial charge in [-0.1, -0.05) is 0 Å². The molecule has 2 aromatic heterocycles. The Hall–Kier alpha value is -4.53. The summed E-state index contributed by atoms with van der Waals surface area (Å²) in [7, 11) is -0.192. The van der Waals surface area contributed by atoms with Gasteiger partial charge in [-0.05, 0) is 66.5 Å². The molecule has 5 rings (SSSR count). The number of hydrogen-bond acceptors (Lipinski definition) is 9. The first-order chi connectivity index (χ1) is 19.4. The molecule has 3 heterocycles. The molecule has 15 heteroatoms. The van der Waals surface area contributed by atoms with Crippen LogP contribution in [-0.2, 0) is 23.7 Å². The van der Waals surface area contributed by atoms with Crippen LogP contribution in [0.2, 0.25) is 0 Å². The Labute approximate surface area is 231 Å². The van der Waals surface area contributed by atoms with Gasteiger partial charge in [-0.25, -0.2) is 4.98 Å². The van der Waals surface area contributed by atoms with Gasteiger partial charge in [0.1, 0.15) is 21.9 Å². The minimum Gasteiger partial charge on any atom is -0.493 e. The van der Waals surface area contributed by atoms with Crippen LogP contribution in [0, 0.1) is 0 Å². The van der Waals surface area contributed by atoms with E-state index in [9.17, 15) is 26.4 Å². The lowest BCUT2D eigenvalue weighted by molar-refractivity contribution is -0.274. The lowest BCUT2D eigenvalue weighted by atomic mass is 10.0. The average molecular weight is 593 g/mol. The Morgan fingerprint density at radius 3 is 2.32 bits per heavy atom. The van der Waals surface area contributed by atoms with Crippen molar-refractivity contribution in [3.05, 3.63) is 64.3 Å². The van der Waals surface area contributed by atoms with Crippen molar-refractivity contribution in [2.45, 2.75) is 30.6 Å². The van der Waals surface area contributed by atoms with Crippen molar-refractivity contribution in [3.8, 4) is 23.0 Å². The Morgan fingerprint density at radius 1 is 1.05 bits per heavy atom. The number of aromatic nitrogens is 4. The molecule has 2 aromatic carbocycles. The Balaban J connectivity index is 1.51. The predicted octanol–water partition coefficient (Wildman–Crippen LogP) is 4.15. The Bertz CT molecular complexity index is 1800. The first kappa shape index (κ1) is 28.0. The number of methoxy groups -OCH3 is 2. The Morgan fingerprint density at radius 2 is 1.71 bits per heavy atom. The number of allylic oxidation sites excluding steroid dienone is 1. The molecule has 4 aromatic rings. The van der Waals surface area contributed by atoms with E-state index in [1.54, 1.807) is 17.7 Å². The fourth-order valence-electron chi connectivity index (χ4n) is 4.48.